The number of piperazine rings is 1. The first-order valence-corrected chi connectivity index (χ1v) is 6.91. The summed E-state index contributed by atoms with van der Waals surface area (Å²) in [5.74, 6) is -1.21. The first kappa shape index (κ1) is 16.4. The molecule has 7 heteroatoms. The van der Waals surface area contributed by atoms with Crippen LogP contribution in [0.15, 0.2) is 0 Å². The van der Waals surface area contributed by atoms with E-state index in [1.165, 1.54) is 0 Å². The van der Waals surface area contributed by atoms with E-state index in [-0.39, 0.29) is 30.8 Å². The maximum atomic E-state index is 11.9. The Balaban J connectivity index is 2.27. The number of rotatable bonds is 5. The summed E-state index contributed by atoms with van der Waals surface area (Å²) in [7, 11) is 2.00. The molecule has 0 saturated carbocycles. The average Bonchev–Trinajstić information content (AvgIpc) is 2.34. The van der Waals surface area contributed by atoms with Gasteiger partial charge in [-0.15, -0.1) is 0 Å². The minimum absolute atomic E-state index is 0.0523. The van der Waals surface area contributed by atoms with Gasteiger partial charge in [-0.05, 0) is 26.8 Å². The van der Waals surface area contributed by atoms with Gasteiger partial charge in [-0.25, -0.2) is 4.79 Å². The fraction of sp³-hybridized carbons (Fsp3) is 0.769. The summed E-state index contributed by atoms with van der Waals surface area (Å²) in [5.41, 5.74) is 0. The van der Waals surface area contributed by atoms with Crippen LogP contribution in [-0.4, -0.2) is 65.5 Å². The van der Waals surface area contributed by atoms with Crippen molar-refractivity contribution in [3.8, 4) is 0 Å². The van der Waals surface area contributed by atoms with E-state index in [1.54, 1.807) is 4.90 Å². The second-order valence-electron chi connectivity index (χ2n) is 5.26. The Morgan fingerprint density at radius 1 is 1.20 bits per heavy atom. The van der Waals surface area contributed by atoms with Crippen LogP contribution in [0.5, 0.6) is 0 Å². The van der Waals surface area contributed by atoms with Crippen LogP contribution < -0.4 is 5.32 Å². The number of hydrogen-bond donors (Lipinski definition) is 2. The molecule has 114 valence electrons. The molecule has 0 spiro atoms. The third-order valence-corrected chi connectivity index (χ3v) is 3.38. The Morgan fingerprint density at radius 3 is 2.45 bits per heavy atom. The summed E-state index contributed by atoms with van der Waals surface area (Å²) < 4.78 is 0. The van der Waals surface area contributed by atoms with Crippen molar-refractivity contribution in [2.24, 2.45) is 0 Å². The number of imide groups is 1. The molecule has 2 N–H and O–H groups in total. The molecule has 1 saturated heterocycles. The number of carboxylic acid groups (broad SMARTS) is 1. The predicted molar refractivity (Wildman–Crippen MR) is 73.3 cm³/mol. The van der Waals surface area contributed by atoms with E-state index in [0.29, 0.717) is 19.4 Å². The van der Waals surface area contributed by atoms with Gasteiger partial charge in [0.15, 0.2) is 0 Å². The van der Waals surface area contributed by atoms with E-state index in [1.807, 2.05) is 14.0 Å². The van der Waals surface area contributed by atoms with Crippen LogP contribution in [0, 0.1) is 0 Å². The van der Waals surface area contributed by atoms with Crippen LogP contribution in [0.2, 0.25) is 0 Å². The lowest BCUT2D eigenvalue weighted by Gasteiger charge is -2.37. The minimum Gasteiger partial charge on any atom is -0.481 e. The van der Waals surface area contributed by atoms with E-state index < -0.39 is 5.97 Å². The Kier molecular flexibility index (Phi) is 6.44. The van der Waals surface area contributed by atoms with Crippen LogP contribution in [0.1, 0.15) is 32.6 Å². The molecule has 0 aromatic carbocycles. The van der Waals surface area contributed by atoms with Gasteiger partial charge in [-0.3, -0.25) is 14.9 Å². The van der Waals surface area contributed by atoms with Crippen LogP contribution >= 0.6 is 0 Å². The van der Waals surface area contributed by atoms with Gasteiger partial charge in [0.1, 0.15) is 0 Å². The van der Waals surface area contributed by atoms with Crippen molar-refractivity contribution in [1.29, 1.82) is 0 Å². The molecule has 0 aromatic heterocycles. The van der Waals surface area contributed by atoms with Crippen molar-refractivity contribution < 1.29 is 19.5 Å². The van der Waals surface area contributed by atoms with Crippen LogP contribution in [-0.2, 0) is 9.59 Å². The smallest absolute Gasteiger partial charge is 0.324 e. The highest BCUT2D eigenvalue weighted by Crippen LogP contribution is 2.08. The number of hydrogen-bond acceptors (Lipinski definition) is 4. The Hall–Kier alpha value is -1.63. The lowest BCUT2D eigenvalue weighted by molar-refractivity contribution is -0.137. The number of carbonyl (C=O) groups excluding carboxylic acids is 2. The van der Waals surface area contributed by atoms with Crippen LogP contribution in [0.25, 0.3) is 0 Å². The maximum absolute atomic E-state index is 11.9. The van der Waals surface area contributed by atoms with E-state index in [4.69, 9.17) is 5.11 Å². The zero-order chi connectivity index (χ0) is 15.1. The van der Waals surface area contributed by atoms with Gasteiger partial charge in [0.2, 0.25) is 5.91 Å². The molecule has 0 aromatic rings. The molecule has 1 rings (SSSR count). The van der Waals surface area contributed by atoms with Gasteiger partial charge >= 0.3 is 12.0 Å². The second-order valence-corrected chi connectivity index (χ2v) is 5.26. The number of unbranched alkanes of at least 4 members (excludes halogenated alkanes) is 1. The lowest BCUT2D eigenvalue weighted by atomic mass is 10.2. The van der Waals surface area contributed by atoms with Crippen molar-refractivity contribution in [3.63, 3.8) is 0 Å². The number of amides is 3. The first-order valence-electron chi connectivity index (χ1n) is 6.91. The monoisotopic (exact) mass is 285 g/mol. The molecule has 20 heavy (non-hydrogen) atoms. The Bertz CT molecular complexity index is 373. The Morgan fingerprint density at radius 2 is 1.85 bits per heavy atom. The standard InChI is InChI=1S/C13H23N3O4/c1-10-9-15(2)7-8-16(10)13(20)14-11(17)5-3-4-6-12(18)19/h10H,3-9H2,1-2H3,(H,18,19)(H,14,17,20). The van der Waals surface area contributed by atoms with Crippen molar-refractivity contribution in [1.82, 2.24) is 15.1 Å². The minimum atomic E-state index is -0.868. The number of likely N-dealkylation sites (N-methyl/N-ethyl adjacent to an activating group) is 1. The van der Waals surface area contributed by atoms with Gasteiger partial charge < -0.3 is 14.9 Å². The molecular weight excluding hydrogens is 262 g/mol. The number of nitrogens with one attached hydrogen (secondary N) is 1. The number of nitrogens with zero attached hydrogens (tertiary/aromatic N) is 2. The van der Waals surface area contributed by atoms with Crippen molar-refractivity contribution in [2.45, 2.75) is 38.6 Å². The zero-order valence-corrected chi connectivity index (χ0v) is 12.1. The summed E-state index contributed by atoms with van der Waals surface area (Å²) in [6.45, 7) is 4.15. The second kappa shape index (κ2) is 7.84. The molecule has 1 heterocycles. The normalized spacial score (nSPS) is 19.7. The van der Waals surface area contributed by atoms with Gasteiger partial charge in [-0.2, -0.15) is 0 Å². The molecule has 0 aliphatic carbocycles. The van der Waals surface area contributed by atoms with Gasteiger partial charge in [0.05, 0.1) is 0 Å². The molecule has 1 atom stereocenters. The number of carbonyl (C=O) groups is 3. The van der Waals surface area contributed by atoms with Crippen LogP contribution in [0.4, 0.5) is 4.79 Å². The molecular formula is C13H23N3O4. The molecule has 1 unspecified atom stereocenters. The molecule has 7 nitrogen and oxygen atoms in total. The largest absolute Gasteiger partial charge is 0.481 e. The molecule has 1 aliphatic rings. The topological polar surface area (TPSA) is 90.0 Å². The van der Waals surface area contributed by atoms with Crippen LogP contribution in [0.3, 0.4) is 0 Å². The number of urea groups is 1. The van der Waals surface area contributed by atoms with Crippen molar-refractivity contribution in [2.75, 3.05) is 26.7 Å². The summed E-state index contributed by atoms with van der Waals surface area (Å²) in [6, 6.07) is -0.276. The highest BCUT2D eigenvalue weighted by molar-refractivity contribution is 5.94. The van der Waals surface area contributed by atoms with Gasteiger partial charge in [-0.1, -0.05) is 0 Å². The fourth-order valence-electron chi connectivity index (χ4n) is 2.26. The quantitative estimate of drug-likeness (QED) is 0.718. The molecule has 0 radical (unpaired) electrons. The summed E-state index contributed by atoms with van der Waals surface area (Å²) in [6.07, 6.45) is 1.16. The number of carboxylic acids is 1. The van der Waals surface area contributed by atoms with E-state index >= 15 is 0 Å². The van der Waals surface area contributed by atoms with Gasteiger partial charge in [0, 0.05) is 38.5 Å². The van der Waals surface area contributed by atoms with E-state index in [0.717, 1.165) is 13.1 Å². The molecule has 3 amide bonds. The maximum Gasteiger partial charge on any atom is 0.324 e. The molecule has 1 fully saturated rings. The fourth-order valence-corrected chi connectivity index (χ4v) is 2.26. The highest BCUT2D eigenvalue weighted by atomic mass is 16.4. The summed E-state index contributed by atoms with van der Waals surface area (Å²) >= 11 is 0. The van der Waals surface area contributed by atoms with Crippen molar-refractivity contribution >= 4 is 17.9 Å². The number of aliphatic carboxylic acids is 1. The van der Waals surface area contributed by atoms with Gasteiger partial charge in [0.25, 0.3) is 0 Å². The predicted octanol–water partition coefficient (Wildman–Crippen LogP) is 0.503. The highest BCUT2D eigenvalue weighted by Gasteiger charge is 2.26. The average molecular weight is 285 g/mol. The zero-order valence-electron chi connectivity index (χ0n) is 12.1. The Labute approximate surface area is 118 Å². The third-order valence-electron chi connectivity index (χ3n) is 3.38. The summed E-state index contributed by atoms with van der Waals surface area (Å²) in [4.78, 5) is 37.7. The van der Waals surface area contributed by atoms with Crippen molar-refractivity contribution in [3.05, 3.63) is 0 Å². The molecule has 1 aliphatic heterocycles. The molecule has 0 bridgehead atoms. The summed E-state index contributed by atoms with van der Waals surface area (Å²) in [5, 5.41) is 10.8. The lowest BCUT2D eigenvalue weighted by Crippen LogP contribution is -2.56. The third kappa shape index (κ3) is 5.56. The van der Waals surface area contributed by atoms with E-state index in [9.17, 15) is 14.4 Å². The first-order chi connectivity index (χ1) is 9.40. The SMILES string of the molecule is CC1CN(C)CCN1C(=O)NC(=O)CCCCC(=O)O. The van der Waals surface area contributed by atoms with E-state index in [2.05, 4.69) is 10.2 Å².